The summed E-state index contributed by atoms with van der Waals surface area (Å²) in [5.74, 6) is -0.0960. The Morgan fingerprint density at radius 1 is 1.41 bits per heavy atom. The number of rotatable bonds is 2. The summed E-state index contributed by atoms with van der Waals surface area (Å²) in [6.07, 6.45) is 1.73. The van der Waals surface area contributed by atoms with Gasteiger partial charge in [0.15, 0.2) is 0 Å². The third-order valence-electron chi connectivity index (χ3n) is 2.46. The summed E-state index contributed by atoms with van der Waals surface area (Å²) in [5, 5.41) is 0. The van der Waals surface area contributed by atoms with Crippen LogP contribution in [0.25, 0.3) is 0 Å². The van der Waals surface area contributed by atoms with Gasteiger partial charge >= 0.3 is 0 Å². The highest BCUT2D eigenvalue weighted by molar-refractivity contribution is 9.10. The Balaban J connectivity index is 2.31. The number of pyridine rings is 1. The molecule has 0 aliphatic heterocycles. The summed E-state index contributed by atoms with van der Waals surface area (Å²) in [6.45, 7) is 1.90. The van der Waals surface area contributed by atoms with Gasteiger partial charge in [-0.25, -0.2) is 4.98 Å². The Morgan fingerprint density at radius 2 is 2.18 bits per heavy atom. The van der Waals surface area contributed by atoms with Crippen LogP contribution in [-0.2, 0) is 0 Å². The van der Waals surface area contributed by atoms with Crippen LogP contribution in [0.5, 0.6) is 0 Å². The molecule has 0 aliphatic carbocycles. The monoisotopic (exact) mass is 293 g/mol. The van der Waals surface area contributed by atoms with Gasteiger partial charge in [-0.1, -0.05) is 0 Å². The van der Waals surface area contributed by atoms with E-state index in [1.165, 1.54) is 0 Å². The zero-order valence-corrected chi connectivity index (χ0v) is 11.2. The lowest BCUT2D eigenvalue weighted by molar-refractivity contribution is 0.0988. The van der Waals surface area contributed by atoms with Crippen LogP contribution in [0, 0.1) is 6.92 Å². The van der Waals surface area contributed by atoms with Crippen LogP contribution in [0.15, 0.2) is 35.1 Å². The molecular weight excluding hydrogens is 282 g/mol. The average Bonchev–Trinajstić information content (AvgIpc) is 2.80. The Bertz CT molecular complexity index is 537. The van der Waals surface area contributed by atoms with E-state index in [-0.39, 0.29) is 5.91 Å². The van der Waals surface area contributed by atoms with Crippen LogP contribution in [0.4, 0.5) is 5.69 Å². The summed E-state index contributed by atoms with van der Waals surface area (Å²) < 4.78 is 0.667. The number of aromatic nitrogens is 2. The van der Waals surface area contributed by atoms with Gasteiger partial charge in [0.2, 0.25) is 0 Å². The molecule has 2 heterocycles. The maximum atomic E-state index is 12.1. The smallest absolute Gasteiger partial charge is 0.274 e. The second-order valence-electron chi connectivity index (χ2n) is 3.71. The number of anilines is 1. The predicted octanol–water partition coefficient (Wildman–Crippen LogP) is 2.76. The van der Waals surface area contributed by atoms with Gasteiger partial charge in [-0.2, -0.15) is 0 Å². The SMILES string of the molecule is Cc1ccc(N(C)C(=O)c2ccc[nH]2)c(Br)n1. The van der Waals surface area contributed by atoms with E-state index < -0.39 is 0 Å². The maximum Gasteiger partial charge on any atom is 0.274 e. The first kappa shape index (κ1) is 11.9. The number of H-pyrrole nitrogens is 1. The quantitative estimate of drug-likeness (QED) is 0.866. The van der Waals surface area contributed by atoms with Gasteiger partial charge in [0, 0.05) is 18.9 Å². The van der Waals surface area contributed by atoms with Gasteiger partial charge in [0.1, 0.15) is 10.3 Å². The van der Waals surface area contributed by atoms with Crippen molar-refractivity contribution in [2.75, 3.05) is 11.9 Å². The van der Waals surface area contributed by atoms with Crippen LogP contribution in [0.1, 0.15) is 16.2 Å². The van der Waals surface area contributed by atoms with Crippen LogP contribution in [0.3, 0.4) is 0 Å². The Kier molecular flexibility index (Phi) is 3.28. The Hall–Kier alpha value is -1.62. The molecule has 4 nitrogen and oxygen atoms in total. The minimum atomic E-state index is -0.0960. The van der Waals surface area contributed by atoms with E-state index in [2.05, 4.69) is 25.9 Å². The highest BCUT2D eigenvalue weighted by Gasteiger charge is 2.16. The predicted molar refractivity (Wildman–Crippen MR) is 70.2 cm³/mol. The molecule has 1 amide bonds. The summed E-state index contributed by atoms with van der Waals surface area (Å²) in [4.78, 5) is 20.8. The number of nitrogens with one attached hydrogen (secondary N) is 1. The summed E-state index contributed by atoms with van der Waals surface area (Å²) in [6, 6.07) is 7.28. The van der Waals surface area contributed by atoms with E-state index >= 15 is 0 Å². The lowest BCUT2D eigenvalue weighted by Crippen LogP contribution is -2.27. The van der Waals surface area contributed by atoms with E-state index in [4.69, 9.17) is 0 Å². The fourth-order valence-electron chi connectivity index (χ4n) is 1.52. The van der Waals surface area contributed by atoms with Crippen molar-refractivity contribution < 1.29 is 4.79 Å². The van der Waals surface area contributed by atoms with Crippen molar-refractivity contribution >= 4 is 27.5 Å². The zero-order chi connectivity index (χ0) is 12.4. The standard InChI is InChI=1S/C12H12BrN3O/c1-8-5-6-10(11(13)15-8)16(2)12(17)9-4-3-7-14-9/h3-7,14H,1-2H3. The first-order valence-electron chi connectivity index (χ1n) is 5.14. The third-order valence-corrected chi connectivity index (χ3v) is 3.05. The molecule has 0 bridgehead atoms. The molecule has 0 saturated carbocycles. The normalized spacial score (nSPS) is 10.3. The highest BCUT2D eigenvalue weighted by Crippen LogP contribution is 2.24. The molecule has 2 rings (SSSR count). The van der Waals surface area contributed by atoms with Gasteiger partial charge < -0.3 is 9.88 Å². The topological polar surface area (TPSA) is 49.0 Å². The number of nitrogens with zero attached hydrogens (tertiary/aromatic N) is 2. The number of aryl methyl sites for hydroxylation is 1. The molecule has 2 aromatic rings. The first-order chi connectivity index (χ1) is 8.09. The second-order valence-corrected chi connectivity index (χ2v) is 4.46. The number of carbonyl (C=O) groups is 1. The molecule has 0 spiro atoms. The summed E-state index contributed by atoms with van der Waals surface area (Å²) >= 11 is 3.36. The molecule has 0 aromatic carbocycles. The molecule has 0 atom stereocenters. The van der Waals surface area contributed by atoms with E-state index in [1.54, 1.807) is 30.3 Å². The zero-order valence-electron chi connectivity index (χ0n) is 9.57. The van der Waals surface area contributed by atoms with Crippen LogP contribution in [0.2, 0.25) is 0 Å². The van der Waals surface area contributed by atoms with E-state index in [1.807, 2.05) is 19.1 Å². The molecule has 2 aromatic heterocycles. The van der Waals surface area contributed by atoms with Gasteiger partial charge in [0.05, 0.1) is 5.69 Å². The van der Waals surface area contributed by atoms with Gasteiger partial charge in [-0.15, -0.1) is 0 Å². The maximum absolute atomic E-state index is 12.1. The number of halogens is 1. The minimum Gasteiger partial charge on any atom is -0.357 e. The number of carbonyl (C=O) groups excluding carboxylic acids is 1. The molecule has 88 valence electrons. The van der Waals surface area contributed by atoms with Crippen molar-refractivity contribution in [2.24, 2.45) is 0 Å². The largest absolute Gasteiger partial charge is 0.357 e. The van der Waals surface area contributed by atoms with Gasteiger partial charge in [-0.05, 0) is 47.1 Å². The summed E-state index contributed by atoms with van der Waals surface area (Å²) in [5.41, 5.74) is 2.21. The van der Waals surface area contributed by atoms with Crippen molar-refractivity contribution in [1.29, 1.82) is 0 Å². The van der Waals surface area contributed by atoms with E-state index in [0.717, 1.165) is 11.4 Å². The minimum absolute atomic E-state index is 0.0960. The molecule has 0 saturated heterocycles. The molecule has 0 fully saturated rings. The summed E-state index contributed by atoms with van der Waals surface area (Å²) in [7, 11) is 1.72. The number of hydrogen-bond donors (Lipinski definition) is 1. The molecule has 5 heteroatoms. The van der Waals surface area contributed by atoms with Crippen molar-refractivity contribution in [3.8, 4) is 0 Å². The molecule has 0 radical (unpaired) electrons. The fraction of sp³-hybridized carbons (Fsp3) is 0.167. The van der Waals surface area contributed by atoms with E-state index in [9.17, 15) is 4.79 Å². The van der Waals surface area contributed by atoms with Crippen molar-refractivity contribution in [3.05, 3.63) is 46.5 Å². The first-order valence-corrected chi connectivity index (χ1v) is 5.93. The molecule has 0 unspecified atom stereocenters. The highest BCUT2D eigenvalue weighted by atomic mass is 79.9. The third kappa shape index (κ3) is 2.39. The molecule has 17 heavy (non-hydrogen) atoms. The van der Waals surface area contributed by atoms with Crippen molar-refractivity contribution in [2.45, 2.75) is 6.92 Å². The molecule has 1 N–H and O–H groups in total. The average molecular weight is 294 g/mol. The second kappa shape index (κ2) is 4.71. The van der Waals surface area contributed by atoms with Crippen molar-refractivity contribution in [3.63, 3.8) is 0 Å². The Morgan fingerprint density at radius 3 is 2.76 bits per heavy atom. The number of amides is 1. The van der Waals surface area contributed by atoms with Gasteiger partial charge in [-0.3, -0.25) is 4.79 Å². The van der Waals surface area contributed by atoms with E-state index in [0.29, 0.717) is 10.3 Å². The van der Waals surface area contributed by atoms with Crippen LogP contribution < -0.4 is 4.90 Å². The van der Waals surface area contributed by atoms with Crippen molar-refractivity contribution in [1.82, 2.24) is 9.97 Å². The van der Waals surface area contributed by atoms with Gasteiger partial charge in [0.25, 0.3) is 5.91 Å². The lowest BCUT2D eigenvalue weighted by atomic mass is 10.3. The van der Waals surface area contributed by atoms with Crippen LogP contribution in [-0.4, -0.2) is 22.9 Å². The molecular formula is C12H12BrN3O. The Labute approximate surface area is 108 Å². The number of hydrogen-bond acceptors (Lipinski definition) is 2. The number of aromatic amines is 1. The van der Waals surface area contributed by atoms with Crippen LogP contribution >= 0.6 is 15.9 Å². The lowest BCUT2D eigenvalue weighted by Gasteiger charge is -2.17. The molecule has 0 aliphatic rings. The fourth-order valence-corrected chi connectivity index (χ4v) is 2.20.